The highest BCUT2D eigenvalue weighted by Gasteiger charge is 2.19. The van der Waals surface area contributed by atoms with E-state index in [1.807, 2.05) is 0 Å². The lowest BCUT2D eigenvalue weighted by atomic mass is 10.2. The van der Waals surface area contributed by atoms with Crippen LogP contribution in [0.5, 0.6) is 0 Å². The van der Waals surface area contributed by atoms with Gasteiger partial charge in [-0.2, -0.15) is 0 Å². The average molecular weight is 303 g/mol. The Morgan fingerprint density at radius 1 is 1.32 bits per heavy atom. The topological polar surface area (TPSA) is 57.0 Å². The lowest BCUT2D eigenvalue weighted by molar-refractivity contribution is 0.0582. The summed E-state index contributed by atoms with van der Waals surface area (Å²) < 4.78 is 33.1. The molecule has 0 saturated carbocycles. The summed E-state index contributed by atoms with van der Waals surface area (Å²) in [6, 6.07) is 4.96. The first-order chi connectivity index (χ1) is 10.6. The van der Waals surface area contributed by atoms with Crippen molar-refractivity contribution in [2.24, 2.45) is 0 Å². The van der Waals surface area contributed by atoms with Crippen LogP contribution >= 0.6 is 0 Å². The molecule has 5 nitrogen and oxygen atoms in total. The van der Waals surface area contributed by atoms with E-state index in [1.54, 1.807) is 12.3 Å². The lowest BCUT2D eigenvalue weighted by Gasteiger charge is -2.09. The molecule has 7 heteroatoms. The van der Waals surface area contributed by atoms with E-state index >= 15 is 0 Å². The predicted molar refractivity (Wildman–Crippen MR) is 74.3 cm³/mol. The van der Waals surface area contributed by atoms with Gasteiger partial charge < -0.3 is 9.30 Å². The molecular formula is C15H11F2N3O2. The van der Waals surface area contributed by atoms with Crippen LogP contribution in [0.4, 0.5) is 8.78 Å². The van der Waals surface area contributed by atoms with Gasteiger partial charge in [0.15, 0.2) is 0 Å². The molecule has 2 aromatic heterocycles. The fourth-order valence-corrected chi connectivity index (χ4v) is 2.21. The van der Waals surface area contributed by atoms with E-state index in [-0.39, 0.29) is 17.9 Å². The van der Waals surface area contributed by atoms with Crippen LogP contribution in [-0.2, 0) is 11.3 Å². The number of pyridine rings is 1. The molecule has 0 saturated heterocycles. The molecule has 0 fully saturated rings. The fraction of sp³-hybridized carbons (Fsp3) is 0.133. The summed E-state index contributed by atoms with van der Waals surface area (Å²) in [6.45, 7) is 0.0249. The minimum absolute atomic E-state index is 0.0249. The third kappa shape index (κ3) is 2.41. The van der Waals surface area contributed by atoms with Gasteiger partial charge in [-0.25, -0.2) is 18.6 Å². The van der Waals surface area contributed by atoms with Crippen LogP contribution in [0.2, 0.25) is 0 Å². The van der Waals surface area contributed by atoms with Crippen LogP contribution in [0, 0.1) is 11.6 Å². The monoisotopic (exact) mass is 303 g/mol. The van der Waals surface area contributed by atoms with Crippen molar-refractivity contribution in [2.45, 2.75) is 6.54 Å². The summed E-state index contributed by atoms with van der Waals surface area (Å²) in [7, 11) is 1.24. The van der Waals surface area contributed by atoms with E-state index in [4.69, 9.17) is 4.74 Å². The molecule has 0 aliphatic rings. The van der Waals surface area contributed by atoms with Gasteiger partial charge in [0.05, 0.1) is 25.4 Å². The van der Waals surface area contributed by atoms with Gasteiger partial charge in [0.2, 0.25) is 5.82 Å². The zero-order valence-corrected chi connectivity index (χ0v) is 11.6. The van der Waals surface area contributed by atoms with Crippen LogP contribution in [0.15, 0.2) is 36.7 Å². The number of carbonyl (C=O) groups excluding carboxylic acids is 1. The normalized spacial score (nSPS) is 10.9. The van der Waals surface area contributed by atoms with Crippen LogP contribution in [0.3, 0.4) is 0 Å². The Bertz CT molecular complexity index is 861. The minimum Gasteiger partial charge on any atom is -0.463 e. The third-order valence-corrected chi connectivity index (χ3v) is 3.26. The summed E-state index contributed by atoms with van der Waals surface area (Å²) in [5.74, 6) is -1.95. The number of carbonyl (C=O) groups is 1. The van der Waals surface area contributed by atoms with E-state index in [0.29, 0.717) is 11.0 Å². The summed E-state index contributed by atoms with van der Waals surface area (Å²) in [5, 5.41) is 0. The Morgan fingerprint density at radius 3 is 2.86 bits per heavy atom. The molecular weight excluding hydrogens is 292 g/mol. The smallest absolute Gasteiger partial charge is 0.374 e. The Morgan fingerprint density at radius 2 is 2.14 bits per heavy atom. The molecule has 3 aromatic rings. The second-order valence-corrected chi connectivity index (χ2v) is 4.61. The molecule has 0 N–H and O–H groups in total. The number of rotatable bonds is 3. The summed E-state index contributed by atoms with van der Waals surface area (Å²) in [6.07, 6.45) is 3.04. The first-order valence-electron chi connectivity index (χ1n) is 6.42. The maximum absolute atomic E-state index is 13.9. The van der Waals surface area contributed by atoms with Crippen LogP contribution in [0.25, 0.3) is 11.0 Å². The molecule has 0 spiro atoms. The zero-order valence-electron chi connectivity index (χ0n) is 11.6. The zero-order chi connectivity index (χ0) is 15.7. The molecule has 0 aliphatic heterocycles. The van der Waals surface area contributed by atoms with E-state index in [1.165, 1.54) is 23.9 Å². The Kier molecular flexibility index (Phi) is 3.54. The van der Waals surface area contributed by atoms with Crippen LogP contribution in [0.1, 0.15) is 16.2 Å². The minimum atomic E-state index is -0.688. The molecule has 22 heavy (non-hydrogen) atoms. The van der Waals surface area contributed by atoms with E-state index in [2.05, 4.69) is 9.97 Å². The molecule has 112 valence electrons. The summed E-state index contributed by atoms with van der Waals surface area (Å²) in [4.78, 5) is 19.9. The van der Waals surface area contributed by atoms with Gasteiger partial charge in [-0.05, 0) is 12.1 Å². The average Bonchev–Trinajstić information content (AvgIpc) is 2.88. The molecule has 0 unspecified atom stereocenters. The number of esters is 1. The second kappa shape index (κ2) is 5.51. The summed E-state index contributed by atoms with van der Waals surface area (Å²) in [5.41, 5.74) is 1.34. The molecule has 0 bridgehead atoms. The molecule has 0 radical (unpaired) electrons. The van der Waals surface area contributed by atoms with Gasteiger partial charge in [-0.15, -0.1) is 0 Å². The number of imidazole rings is 1. The number of benzene rings is 1. The number of methoxy groups -OCH3 is 1. The van der Waals surface area contributed by atoms with E-state index in [9.17, 15) is 13.6 Å². The van der Waals surface area contributed by atoms with Crippen molar-refractivity contribution in [3.63, 3.8) is 0 Å². The van der Waals surface area contributed by atoms with Gasteiger partial charge in [0.25, 0.3) is 0 Å². The van der Waals surface area contributed by atoms with Crippen molar-refractivity contribution in [2.75, 3.05) is 7.11 Å². The second-order valence-electron chi connectivity index (χ2n) is 4.61. The van der Waals surface area contributed by atoms with Gasteiger partial charge >= 0.3 is 5.97 Å². The quantitative estimate of drug-likeness (QED) is 0.698. The number of hydrogen-bond acceptors (Lipinski definition) is 4. The van der Waals surface area contributed by atoms with Gasteiger partial charge in [-0.3, -0.25) is 4.98 Å². The molecule has 3 rings (SSSR count). The van der Waals surface area contributed by atoms with E-state index in [0.717, 1.165) is 12.1 Å². The highest BCUT2D eigenvalue weighted by Crippen LogP contribution is 2.19. The first-order valence-corrected chi connectivity index (χ1v) is 6.42. The number of hydrogen-bond donors (Lipinski definition) is 0. The van der Waals surface area contributed by atoms with Crippen molar-refractivity contribution in [3.05, 3.63) is 59.7 Å². The molecule has 0 atom stereocenters. The standard InChI is InChI=1S/C15H11F2N3O2/c1-22-15(21)14-19-12-7-18-5-4-13(12)20(14)8-9-2-3-10(16)6-11(9)17/h2-7H,8H2,1H3. The Labute approximate surface area is 124 Å². The van der Waals surface area contributed by atoms with Crippen molar-refractivity contribution >= 4 is 17.0 Å². The Hall–Kier alpha value is -2.83. The van der Waals surface area contributed by atoms with Crippen molar-refractivity contribution < 1.29 is 18.3 Å². The Balaban J connectivity index is 2.14. The number of halogens is 2. The number of ether oxygens (including phenoxy) is 1. The SMILES string of the molecule is COC(=O)c1nc2cnccc2n1Cc1ccc(F)cc1F. The van der Waals surface area contributed by atoms with Crippen LogP contribution < -0.4 is 0 Å². The van der Waals surface area contributed by atoms with Crippen molar-refractivity contribution in [1.29, 1.82) is 0 Å². The maximum Gasteiger partial charge on any atom is 0.374 e. The molecule has 2 heterocycles. The molecule has 1 aromatic carbocycles. The fourth-order valence-electron chi connectivity index (χ4n) is 2.21. The van der Waals surface area contributed by atoms with Crippen LogP contribution in [-0.4, -0.2) is 27.6 Å². The lowest BCUT2D eigenvalue weighted by Crippen LogP contribution is -2.13. The predicted octanol–water partition coefficient (Wildman–Crippen LogP) is 2.54. The van der Waals surface area contributed by atoms with Crippen molar-refractivity contribution in [3.8, 4) is 0 Å². The number of aromatic nitrogens is 3. The van der Waals surface area contributed by atoms with Crippen molar-refractivity contribution in [1.82, 2.24) is 14.5 Å². The number of nitrogens with zero attached hydrogens (tertiary/aromatic N) is 3. The third-order valence-electron chi connectivity index (χ3n) is 3.26. The largest absolute Gasteiger partial charge is 0.463 e. The highest BCUT2D eigenvalue weighted by molar-refractivity contribution is 5.90. The highest BCUT2D eigenvalue weighted by atomic mass is 19.1. The number of fused-ring (bicyclic) bond motifs is 1. The molecule has 0 amide bonds. The van der Waals surface area contributed by atoms with Gasteiger partial charge in [0, 0.05) is 17.8 Å². The van der Waals surface area contributed by atoms with E-state index < -0.39 is 17.6 Å². The molecule has 0 aliphatic carbocycles. The van der Waals surface area contributed by atoms with Gasteiger partial charge in [-0.1, -0.05) is 6.07 Å². The van der Waals surface area contributed by atoms with Gasteiger partial charge in [0.1, 0.15) is 17.2 Å². The first kappa shape index (κ1) is 14.1. The summed E-state index contributed by atoms with van der Waals surface area (Å²) >= 11 is 0. The maximum atomic E-state index is 13.9.